The normalized spacial score (nSPS) is 12.9. The van der Waals surface area contributed by atoms with Crippen LogP contribution in [0.5, 0.6) is 5.75 Å². The fourth-order valence-electron chi connectivity index (χ4n) is 2.36. The monoisotopic (exact) mass is 360 g/mol. The molecule has 0 aromatic heterocycles. The summed E-state index contributed by atoms with van der Waals surface area (Å²) in [6.45, 7) is 2.12. The maximum Gasteiger partial charge on any atom is 0.424 e. The summed E-state index contributed by atoms with van der Waals surface area (Å²) in [6, 6.07) is 9.24. The molecule has 1 N–H and O–H groups in total. The first-order chi connectivity index (χ1) is 11.5. The van der Waals surface area contributed by atoms with Crippen molar-refractivity contribution in [1.82, 2.24) is 0 Å². The molecule has 1 aromatic carbocycles. The Labute approximate surface area is 145 Å². The highest BCUT2D eigenvalue weighted by molar-refractivity contribution is 7.80. The summed E-state index contributed by atoms with van der Waals surface area (Å²) < 4.78 is 39.3. The van der Waals surface area contributed by atoms with Gasteiger partial charge in [-0.25, -0.2) is 4.89 Å². The molecule has 6 nitrogen and oxygen atoms in total. The number of hydrogen-bond acceptors (Lipinski definition) is 5. The first-order valence-corrected chi connectivity index (χ1v) is 9.88. The maximum atomic E-state index is 10.5. The van der Waals surface area contributed by atoms with E-state index in [0.29, 0.717) is 5.75 Å². The van der Waals surface area contributed by atoms with Crippen LogP contribution >= 0.6 is 0 Å². The van der Waals surface area contributed by atoms with E-state index in [9.17, 15) is 8.42 Å². The Hall–Kier alpha value is -1.15. The van der Waals surface area contributed by atoms with Gasteiger partial charge in [-0.2, -0.15) is 8.42 Å². The Balaban J connectivity index is 2.34. The van der Waals surface area contributed by atoms with Gasteiger partial charge in [0.1, 0.15) is 18.5 Å². The quantitative estimate of drug-likeness (QED) is 0.230. The number of para-hydroxylation sites is 1. The van der Waals surface area contributed by atoms with Crippen LogP contribution in [0, 0.1) is 0 Å². The lowest BCUT2D eigenvalue weighted by Crippen LogP contribution is -2.24. The predicted octanol–water partition coefficient (Wildman–Crippen LogP) is 4.33. The van der Waals surface area contributed by atoms with E-state index in [1.165, 1.54) is 32.1 Å². The summed E-state index contributed by atoms with van der Waals surface area (Å²) in [7, 11) is -4.61. The van der Waals surface area contributed by atoms with Crippen LogP contribution < -0.4 is 4.74 Å². The average Bonchev–Trinajstić information content (AvgIpc) is 2.53. The lowest BCUT2D eigenvalue weighted by Gasteiger charge is -2.18. The zero-order chi connectivity index (χ0) is 17.7. The summed E-state index contributed by atoms with van der Waals surface area (Å²) in [6.07, 6.45) is 8.63. The molecular weight excluding hydrogens is 332 g/mol. The van der Waals surface area contributed by atoms with Crippen molar-refractivity contribution in [2.45, 2.75) is 64.4 Å². The fraction of sp³-hybridized carbons (Fsp3) is 0.647. The number of benzene rings is 1. The van der Waals surface area contributed by atoms with E-state index in [-0.39, 0.29) is 12.7 Å². The third-order valence-electron chi connectivity index (χ3n) is 3.56. The van der Waals surface area contributed by atoms with Crippen molar-refractivity contribution in [3.63, 3.8) is 0 Å². The molecule has 1 rings (SSSR count). The van der Waals surface area contributed by atoms with E-state index in [2.05, 4.69) is 16.1 Å². The van der Waals surface area contributed by atoms with Crippen LogP contribution in [-0.2, 0) is 19.6 Å². The Morgan fingerprint density at radius 1 is 1.00 bits per heavy atom. The van der Waals surface area contributed by atoms with Gasteiger partial charge in [-0.1, -0.05) is 68.0 Å². The van der Waals surface area contributed by atoms with Crippen molar-refractivity contribution in [1.29, 1.82) is 0 Å². The third-order valence-corrected chi connectivity index (χ3v) is 3.83. The number of hydrogen-bond donors (Lipinski definition) is 1. The van der Waals surface area contributed by atoms with Crippen molar-refractivity contribution < 1.29 is 26.9 Å². The molecule has 24 heavy (non-hydrogen) atoms. The number of ether oxygens (including phenoxy) is 1. The molecule has 138 valence electrons. The lowest BCUT2D eigenvalue weighted by molar-refractivity contribution is -0.222. The zero-order valence-corrected chi connectivity index (χ0v) is 15.0. The van der Waals surface area contributed by atoms with Gasteiger partial charge in [0.25, 0.3) is 0 Å². The minimum atomic E-state index is -4.61. The van der Waals surface area contributed by atoms with Gasteiger partial charge in [0.05, 0.1) is 0 Å². The first-order valence-electron chi connectivity index (χ1n) is 8.51. The number of rotatable bonds is 14. The highest BCUT2D eigenvalue weighted by Gasteiger charge is 2.14. The predicted molar refractivity (Wildman–Crippen MR) is 92.1 cm³/mol. The lowest BCUT2D eigenvalue weighted by atomic mass is 10.1. The molecular formula is C17H28O6S. The molecule has 0 aliphatic rings. The molecule has 0 amide bonds. The van der Waals surface area contributed by atoms with Crippen molar-refractivity contribution in [2.24, 2.45) is 0 Å². The largest absolute Gasteiger partial charge is 0.488 e. The van der Waals surface area contributed by atoms with Gasteiger partial charge in [0, 0.05) is 0 Å². The number of unbranched alkanes of at least 4 members (excludes halogenated alkanes) is 6. The van der Waals surface area contributed by atoms with Crippen LogP contribution in [0.2, 0.25) is 0 Å². The molecule has 0 saturated heterocycles. The van der Waals surface area contributed by atoms with Crippen LogP contribution in [0.15, 0.2) is 30.3 Å². The van der Waals surface area contributed by atoms with Crippen molar-refractivity contribution >= 4 is 10.4 Å². The van der Waals surface area contributed by atoms with Crippen LogP contribution in [-0.4, -0.2) is 25.7 Å². The molecule has 7 heteroatoms. The molecule has 0 bridgehead atoms. The molecule has 0 aliphatic carbocycles. The summed E-state index contributed by atoms with van der Waals surface area (Å²) in [5, 5.41) is 0. The second kappa shape index (κ2) is 12.2. The Bertz CT molecular complexity index is 517. The van der Waals surface area contributed by atoms with Gasteiger partial charge in [0.2, 0.25) is 0 Å². The SMILES string of the molecule is CCCCCCCCCC(COOS(=O)(=O)O)Oc1ccccc1. The van der Waals surface area contributed by atoms with Crippen LogP contribution in [0.4, 0.5) is 0 Å². The maximum absolute atomic E-state index is 10.5. The highest BCUT2D eigenvalue weighted by atomic mass is 32.3. The molecule has 1 unspecified atom stereocenters. The van der Waals surface area contributed by atoms with Crippen LogP contribution in [0.3, 0.4) is 0 Å². The molecule has 0 radical (unpaired) electrons. The molecule has 0 heterocycles. The Kier molecular flexibility index (Phi) is 10.7. The van der Waals surface area contributed by atoms with Crippen LogP contribution in [0.25, 0.3) is 0 Å². The summed E-state index contributed by atoms with van der Waals surface area (Å²) in [5.41, 5.74) is 0. The second-order valence-corrected chi connectivity index (χ2v) is 6.73. The minimum absolute atomic E-state index is 0.0789. The van der Waals surface area contributed by atoms with Crippen LogP contribution in [0.1, 0.15) is 58.3 Å². The summed E-state index contributed by atoms with van der Waals surface area (Å²) in [5.74, 6) is 0.681. The third kappa shape index (κ3) is 11.4. The standard InChI is InChI=1S/C17H28O6S/c1-2-3-4-5-6-7-9-14-17(15-21-23-24(18,19)20)22-16-12-10-8-11-13-16/h8,10-13,17H,2-7,9,14-15H2,1H3,(H,18,19,20). The molecule has 0 spiro atoms. The second-order valence-electron chi connectivity index (χ2n) is 5.74. The summed E-state index contributed by atoms with van der Waals surface area (Å²) in [4.78, 5) is 4.58. The van der Waals surface area contributed by atoms with E-state index in [4.69, 9.17) is 9.29 Å². The smallest absolute Gasteiger partial charge is 0.424 e. The van der Waals surface area contributed by atoms with Crippen molar-refractivity contribution in [3.8, 4) is 5.75 Å². The van der Waals surface area contributed by atoms with Gasteiger partial charge in [-0.05, 0) is 25.0 Å². The first kappa shape index (κ1) is 20.9. The Morgan fingerprint density at radius 2 is 1.62 bits per heavy atom. The van der Waals surface area contributed by atoms with Crippen molar-refractivity contribution in [3.05, 3.63) is 30.3 Å². The molecule has 0 fully saturated rings. The van der Waals surface area contributed by atoms with E-state index in [1.807, 2.05) is 30.3 Å². The van der Waals surface area contributed by atoms with E-state index < -0.39 is 10.4 Å². The van der Waals surface area contributed by atoms with Gasteiger partial charge < -0.3 is 4.74 Å². The molecule has 1 aromatic rings. The van der Waals surface area contributed by atoms with Gasteiger partial charge in [0.15, 0.2) is 0 Å². The fourth-order valence-corrected chi connectivity index (χ4v) is 2.54. The highest BCUT2D eigenvalue weighted by Crippen LogP contribution is 2.16. The molecule has 0 aliphatic heterocycles. The topological polar surface area (TPSA) is 82.1 Å². The summed E-state index contributed by atoms with van der Waals surface area (Å²) >= 11 is 0. The molecule has 0 saturated carbocycles. The zero-order valence-electron chi connectivity index (χ0n) is 14.2. The Morgan fingerprint density at radius 3 is 2.25 bits per heavy atom. The van der Waals surface area contributed by atoms with E-state index >= 15 is 0 Å². The van der Waals surface area contributed by atoms with E-state index in [1.54, 1.807) is 0 Å². The van der Waals surface area contributed by atoms with Crippen molar-refractivity contribution in [2.75, 3.05) is 6.61 Å². The van der Waals surface area contributed by atoms with Gasteiger partial charge in [-0.15, -0.1) is 0 Å². The minimum Gasteiger partial charge on any atom is -0.488 e. The van der Waals surface area contributed by atoms with E-state index in [0.717, 1.165) is 19.3 Å². The van der Waals surface area contributed by atoms with Gasteiger partial charge in [-0.3, -0.25) is 4.55 Å². The molecule has 1 atom stereocenters. The average molecular weight is 360 g/mol. The van der Waals surface area contributed by atoms with Gasteiger partial charge >= 0.3 is 10.4 Å².